The topological polar surface area (TPSA) is 116 Å². The molecule has 106 valence electrons. The van der Waals surface area contributed by atoms with Crippen LogP contribution in [-0.2, 0) is 0 Å². The van der Waals surface area contributed by atoms with Crippen LogP contribution in [0.25, 0.3) is 0 Å². The Morgan fingerprint density at radius 3 is 2.26 bits per heavy atom. The summed E-state index contributed by atoms with van der Waals surface area (Å²) in [5, 5.41) is 38.5. The smallest absolute Gasteiger partial charge is 0.339 e. The van der Waals surface area contributed by atoms with Crippen molar-refractivity contribution in [3.8, 4) is 0 Å². The zero-order valence-electron chi connectivity index (χ0n) is 11.3. The molecule has 0 atom stereocenters. The molecule has 4 N–H and O–H groups in total. The fraction of sp³-hybridized carbons (Fsp3) is 0.583. The van der Waals surface area contributed by atoms with E-state index >= 15 is 0 Å². The minimum Gasteiger partial charge on any atom is -0.478 e. The number of nitrogens with zero attached hydrogens (tertiary/aromatic N) is 2. The Bertz CT molecular complexity index is 464. The van der Waals surface area contributed by atoms with Crippen LogP contribution in [0.15, 0.2) is 0 Å². The number of aromatic carboxylic acids is 1. The fourth-order valence-corrected chi connectivity index (χ4v) is 1.65. The summed E-state index contributed by atoms with van der Waals surface area (Å²) in [7, 11) is 0. The molecule has 0 aliphatic carbocycles. The van der Waals surface area contributed by atoms with Crippen molar-refractivity contribution >= 4 is 11.8 Å². The maximum Gasteiger partial charge on any atom is 0.339 e. The van der Waals surface area contributed by atoms with Gasteiger partial charge in [0.05, 0.1) is 24.4 Å². The quantitative estimate of drug-likeness (QED) is 0.588. The van der Waals surface area contributed by atoms with E-state index < -0.39 is 11.5 Å². The number of rotatable bonds is 6. The average Bonchev–Trinajstić information content (AvgIpc) is 2.40. The van der Waals surface area contributed by atoms with E-state index in [0.717, 1.165) is 0 Å². The first-order valence-corrected chi connectivity index (χ1v) is 5.98. The van der Waals surface area contributed by atoms with Crippen LogP contribution in [0.2, 0.25) is 0 Å². The minimum absolute atomic E-state index is 0.00669. The number of carbonyl (C=O) groups is 1. The molecule has 7 heteroatoms. The zero-order valence-corrected chi connectivity index (χ0v) is 11.3. The van der Waals surface area contributed by atoms with E-state index in [0.29, 0.717) is 17.7 Å². The number of carboxylic acids is 1. The Balaban J connectivity index is 3.28. The Hall–Kier alpha value is -1.73. The van der Waals surface area contributed by atoms with Gasteiger partial charge in [0.2, 0.25) is 0 Å². The largest absolute Gasteiger partial charge is 0.478 e. The molecule has 0 saturated carbocycles. The van der Waals surface area contributed by atoms with Gasteiger partial charge in [-0.25, -0.2) is 4.79 Å². The first-order valence-electron chi connectivity index (χ1n) is 5.98. The number of aliphatic hydroxyl groups excluding tert-OH is 2. The molecule has 0 fully saturated rings. The lowest BCUT2D eigenvalue weighted by Gasteiger charge is -2.30. The Morgan fingerprint density at radius 1 is 1.26 bits per heavy atom. The SMILES string of the molecule is CCC(CO)(CO)Nc1nnc(C)c(C)c1C(=O)O. The second-order valence-corrected chi connectivity index (χ2v) is 4.51. The van der Waals surface area contributed by atoms with Crippen LogP contribution in [0.4, 0.5) is 5.82 Å². The van der Waals surface area contributed by atoms with Crippen LogP contribution < -0.4 is 5.32 Å². The molecule has 1 aromatic heterocycles. The molecule has 0 saturated heterocycles. The van der Waals surface area contributed by atoms with Gasteiger partial charge in [-0.05, 0) is 25.8 Å². The van der Waals surface area contributed by atoms with Crippen molar-refractivity contribution in [3.05, 3.63) is 16.8 Å². The minimum atomic E-state index is -1.13. The van der Waals surface area contributed by atoms with Crippen LogP contribution in [0.5, 0.6) is 0 Å². The number of hydrogen-bond acceptors (Lipinski definition) is 6. The molecule has 1 heterocycles. The summed E-state index contributed by atoms with van der Waals surface area (Å²) < 4.78 is 0. The first kappa shape index (κ1) is 15.3. The van der Waals surface area contributed by atoms with Gasteiger partial charge < -0.3 is 20.6 Å². The summed E-state index contributed by atoms with van der Waals surface area (Å²) in [4.78, 5) is 11.3. The lowest BCUT2D eigenvalue weighted by Crippen LogP contribution is -2.46. The Morgan fingerprint density at radius 2 is 1.84 bits per heavy atom. The first-order chi connectivity index (χ1) is 8.90. The van der Waals surface area contributed by atoms with Gasteiger partial charge in [0.1, 0.15) is 5.56 Å². The molecule has 0 aliphatic rings. The van der Waals surface area contributed by atoms with Crippen LogP contribution in [0.3, 0.4) is 0 Å². The molecule has 0 amide bonds. The van der Waals surface area contributed by atoms with Gasteiger partial charge in [0.25, 0.3) is 0 Å². The van der Waals surface area contributed by atoms with Gasteiger partial charge in [0.15, 0.2) is 5.82 Å². The lowest BCUT2D eigenvalue weighted by atomic mass is 9.97. The molecule has 0 unspecified atom stereocenters. The molecule has 0 aromatic carbocycles. The van der Waals surface area contributed by atoms with Gasteiger partial charge >= 0.3 is 5.97 Å². The predicted molar refractivity (Wildman–Crippen MR) is 69.3 cm³/mol. The van der Waals surface area contributed by atoms with Crippen molar-refractivity contribution in [3.63, 3.8) is 0 Å². The summed E-state index contributed by atoms with van der Waals surface area (Å²) in [5.41, 5.74) is 0.0248. The molecule has 7 nitrogen and oxygen atoms in total. The molecule has 0 radical (unpaired) electrons. The summed E-state index contributed by atoms with van der Waals surface area (Å²) in [5.74, 6) is -1.07. The summed E-state index contributed by atoms with van der Waals surface area (Å²) in [6, 6.07) is 0. The number of aliphatic hydroxyl groups is 2. The molecular weight excluding hydrogens is 250 g/mol. The van der Waals surface area contributed by atoms with E-state index in [-0.39, 0.29) is 24.6 Å². The van der Waals surface area contributed by atoms with Crippen LogP contribution in [-0.4, -0.2) is 50.2 Å². The van der Waals surface area contributed by atoms with E-state index in [1.54, 1.807) is 20.8 Å². The van der Waals surface area contributed by atoms with E-state index in [9.17, 15) is 20.1 Å². The Kier molecular flexibility index (Phi) is 4.79. The van der Waals surface area contributed by atoms with E-state index in [4.69, 9.17) is 0 Å². The van der Waals surface area contributed by atoms with Crippen molar-refractivity contribution in [2.45, 2.75) is 32.7 Å². The molecular formula is C12H19N3O4. The van der Waals surface area contributed by atoms with Crippen LogP contribution in [0, 0.1) is 13.8 Å². The second-order valence-electron chi connectivity index (χ2n) is 4.51. The monoisotopic (exact) mass is 269 g/mol. The third-order valence-corrected chi connectivity index (χ3v) is 3.33. The highest BCUT2D eigenvalue weighted by Gasteiger charge is 2.30. The normalized spacial score (nSPS) is 11.4. The van der Waals surface area contributed by atoms with Crippen molar-refractivity contribution in [1.82, 2.24) is 10.2 Å². The fourth-order valence-electron chi connectivity index (χ4n) is 1.65. The molecule has 1 rings (SSSR count). The summed E-state index contributed by atoms with van der Waals surface area (Å²) >= 11 is 0. The van der Waals surface area contributed by atoms with Gasteiger partial charge in [-0.2, -0.15) is 5.10 Å². The maximum atomic E-state index is 11.3. The number of aryl methyl sites for hydroxylation is 1. The van der Waals surface area contributed by atoms with E-state index in [1.807, 2.05) is 0 Å². The predicted octanol–water partition coefficient (Wildman–Crippen LogP) is 0.337. The highest BCUT2D eigenvalue weighted by atomic mass is 16.4. The molecule has 19 heavy (non-hydrogen) atoms. The molecule has 0 spiro atoms. The molecule has 0 bridgehead atoms. The zero-order chi connectivity index (χ0) is 14.6. The third-order valence-electron chi connectivity index (χ3n) is 3.33. The van der Waals surface area contributed by atoms with Crippen LogP contribution >= 0.6 is 0 Å². The Labute approximate surface area is 111 Å². The number of carboxylic acid groups (broad SMARTS) is 1. The van der Waals surface area contributed by atoms with Gasteiger partial charge in [0, 0.05) is 0 Å². The van der Waals surface area contributed by atoms with Crippen molar-refractivity contribution < 1.29 is 20.1 Å². The van der Waals surface area contributed by atoms with Gasteiger partial charge in [-0.3, -0.25) is 0 Å². The molecule has 0 aliphatic heterocycles. The lowest BCUT2D eigenvalue weighted by molar-refractivity contribution is 0.0695. The summed E-state index contributed by atoms with van der Waals surface area (Å²) in [6.07, 6.45) is 0.410. The van der Waals surface area contributed by atoms with Crippen molar-refractivity contribution in [2.24, 2.45) is 0 Å². The van der Waals surface area contributed by atoms with Crippen LogP contribution in [0.1, 0.15) is 35.0 Å². The highest BCUT2D eigenvalue weighted by molar-refractivity contribution is 5.95. The third kappa shape index (κ3) is 2.99. The standard InChI is InChI=1S/C12H19N3O4/c1-4-12(5-16,6-17)13-10-9(11(18)19)7(2)8(3)14-15-10/h16-17H,4-6H2,1-3H3,(H,13,15)(H,18,19). The molecule has 1 aromatic rings. The van der Waals surface area contributed by atoms with Gasteiger partial charge in [-0.1, -0.05) is 6.92 Å². The van der Waals surface area contributed by atoms with Crippen molar-refractivity contribution in [1.29, 1.82) is 0 Å². The average molecular weight is 269 g/mol. The van der Waals surface area contributed by atoms with E-state index in [2.05, 4.69) is 15.5 Å². The van der Waals surface area contributed by atoms with Gasteiger partial charge in [-0.15, -0.1) is 5.10 Å². The maximum absolute atomic E-state index is 11.3. The second kappa shape index (κ2) is 5.94. The number of hydrogen-bond donors (Lipinski definition) is 4. The number of nitrogens with one attached hydrogen (secondary N) is 1. The summed E-state index contributed by atoms with van der Waals surface area (Å²) in [6.45, 7) is 4.41. The van der Waals surface area contributed by atoms with Crippen molar-refractivity contribution in [2.75, 3.05) is 18.5 Å². The van der Waals surface area contributed by atoms with E-state index in [1.165, 1.54) is 0 Å². The number of aromatic nitrogens is 2. The number of anilines is 1. The highest BCUT2D eigenvalue weighted by Crippen LogP contribution is 2.23.